The summed E-state index contributed by atoms with van der Waals surface area (Å²) in [7, 11) is 1.32. The van der Waals surface area contributed by atoms with E-state index in [0.29, 0.717) is 22.3 Å². The Morgan fingerprint density at radius 1 is 1.24 bits per heavy atom. The van der Waals surface area contributed by atoms with E-state index in [1.807, 2.05) is 6.92 Å². The van der Waals surface area contributed by atoms with Gasteiger partial charge in [0.2, 0.25) is 5.91 Å². The Morgan fingerprint density at radius 2 is 1.95 bits per heavy atom. The molecule has 0 fully saturated rings. The summed E-state index contributed by atoms with van der Waals surface area (Å²) in [6.45, 7) is 2.79. The molecule has 1 amide bonds. The first-order valence-corrected chi connectivity index (χ1v) is 7.26. The molecule has 0 aliphatic rings. The number of rotatable bonds is 7. The fourth-order valence-corrected chi connectivity index (χ4v) is 2.05. The van der Waals surface area contributed by atoms with Crippen molar-refractivity contribution in [2.45, 2.75) is 13.3 Å². The summed E-state index contributed by atoms with van der Waals surface area (Å²) in [6, 6.07) is 4.85. The number of nitrogens with zero attached hydrogens (tertiary/aromatic N) is 1. The molecule has 0 heterocycles. The summed E-state index contributed by atoms with van der Waals surface area (Å²) in [4.78, 5) is 25.0. The van der Waals surface area contributed by atoms with Crippen molar-refractivity contribution < 1.29 is 14.3 Å². The van der Waals surface area contributed by atoms with Gasteiger partial charge in [0.25, 0.3) is 0 Å². The van der Waals surface area contributed by atoms with E-state index in [1.165, 1.54) is 7.11 Å². The molecule has 0 unspecified atom stereocenters. The van der Waals surface area contributed by atoms with Gasteiger partial charge < -0.3 is 10.1 Å². The van der Waals surface area contributed by atoms with Crippen LogP contribution in [0.1, 0.15) is 13.3 Å². The highest BCUT2D eigenvalue weighted by molar-refractivity contribution is 6.42. The van der Waals surface area contributed by atoms with E-state index in [-0.39, 0.29) is 25.0 Å². The topological polar surface area (TPSA) is 58.6 Å². The van der Waals surface area contributed by atoms with E-state index in [9.17, 15) is 9.59 Å². The molecule has 7 heteroatoms. The minimum atomic E-state index is -0.370. The number of halogens is 2. The molecule has 1 N–H and O–H groups in total. The highest BCUT2D eigenvalue weighted by Crippen LogP contribution is 2.24. The van der Waals surface area contributed by atoms with Gasteiger partial charge in [0.1, 0.15) is 0 Å². The predicted octanol–water partition coefficient (Wildman–Crippen LogP) is 2.82. The SMILES string of the molecule is CCCN(CC(=O)Nc1ccc(Cl)c(Cl)c1)CC(=O)OC. The number of benzene rings is 1. The lowest BCUT2D eigenvalue weighted by atomic mass is 10.3. The minimum Gasteiger partial charge on any atom is -0.468 e. The summed E-state index contributed by atoms with van der Waals surface area (Å²) >= 11 is 11.7. The van der Waals surface area contributed by atoms with Crippen LogP contribution in [0.3, 0.4) is 0 Å². The Hall–Kier alpha value is -1.30. The minimum absolute atomic E-state index is 0.0825. The molecular weight excluding hydrogens is 315 g/mol. The predicted molar refractivity (Wildman–Crippen MR) is 83.8 cm³/mol. The number of hydrogen-bond donors (Lipinski definition) is 1. The van der Waals surface area contributed by atoms with Crippen LogP contribution in [0.4, 0.5) is 5.69 Å². The van der Waals surface area contributed by atoms with Gasteiger partial charge in [0.05, 0.1) is 30.2 Å². The molecule has 0 aliphatic carbocycles. The number of ether oxygens (including phenoxy) is 1. The Kier molecular flexibility index (Phi) is 7.50. The molecule has 1 aromatic carbocycles. The second-order valence-corrected chi connectivity index (χ2v) is 5.28. The van der Waals surface area contributed by atoms with Crippen molar-refractivity contribution in [3.63, 3.8) is 0 Å². The van der Waals surface area contributed by atoms with Crippen LogP contribution in [-0.4, -0.2) is 43.5 Å². The van der Waals surface area contributed by atoms with Gasteiger partial charge in [0.15, 0.2) is 0 Å². The van der Waals surface area contributed by atoms with Crippen molar-refractivity contribution in [2.24, 2.45) is 0 Å². The number of methoxy groups -OCH3 is 1. The van der Waals surface area contributed by atoms with Gasteiger partial charge in [-0.15, -0.1) is 0 Å². The van der Waals surface area contributed by atoms with Crippen LogP contribution in [0.25, 0.3) is 0 Å². The quantitative estimate of drug-likeness (QED) is 0.780. The number of carbonyl (C=O) groups is 2. The van der Waals surface area contributed by atoms with Gasteiger partial charge in [-0.1, -0.05) is 30.1 Å². The van der Waals surface area contributed by atoms with Crippen molar-refractivity contribution in [3.8, 4) is 0 Å². The molecule has 0 spiro atoms. The molecule has 116 valence electrons. The lowest BCUT2D eigenvalue weighted by Gasteiger charge is -2.19. The second kappa shape index (κ2) is 8.87. The Labute approximate surface area is 134 Å². The van der Waals surface area contributed by atoms with Crippen LogP contribution >= 0.6 is 23.2 Å². The summed E-state index contributed by atoms with van der Waals surface area (Å²) in [5.41, 5.74) is 0.559. The number of carbonyl (C=O) groups excluding carboxylic acids is 2. The normalized spacial score (nSPS) is 10.5. The first-order chi connectivity index (χ1) is 9.96. The standard InChI is InChI=1S/C14H18Cl2N2O3/c1-3-6-18(9-14(20)21-2)8-13(19)17-10-4-5-11(15)12(16)7-10/h4-5,7H,3,6,8-9H2,1-2H3,(H,17,19). The molecule has 1 aromatic rings. The van der Waals surface area contributed by atoms with Gasteiger partial charge in [-0.3, -0.25) is 14.5 Å². The average Bonchev–Trinajstić information content (AvgIpc) is 2.43. The lowest BCUT2D eigenvalue weighted by molar-refractivity contribution is -0.142. The lowest BCUT2D eigenvalue weighted by Crippen LogP contribution is -2.37. The molecule has 0 radical (unpaired) electrons. The van der Waals surface area contributed by atoms with Crippen molar-refractivity contribution in [2.75, 3.05) is 32.1 Å². The van der Waals surface area contributed by atoms with E-state index in [2.05, 4.69) is 10.1 Å². The van der Waals surface area contributed by atoms with Crippen LogP contribution < -0.4 is 5.32 Å². The van der Waals surface area contributed by atoms with Gasteiger partial charge in [-0.25, -0.2) is 0 Å². The molecule has 0 saturated heterocycles. The Morgan fingerprint density at radius 3 is 2.52 bits per heavy atom. The molecule has 1 rings (SSSR count). The average molecular weight is 333 g/mol. The molecule has 0 saturated carbocycles. The molecule has 21 heavy (non-hydrogen) atoms. The maximum absolute atomic E-state index is 12.0. The molecule has 0 aromatic heterocycles. The Bertz CT molecular complexity index is 509. The van der Waals surface area contributed by atoms with Crippen molar-refractivity contribution in [3.05, 3.63) is 28.2 Å². The van der Waals surface area contributed by atoms with Crippen molar-refractivity contribution >= 4 is 40.8 Å². The maximum atomic E-state index is 12.0. The summed E-state index contributed by atoms with van der Waals surface area (Å²) in [5.74, 6) is -0.600. The monoisotopic (exact) mass is 332 g/mol. The number of esters is 1. The molecule has 0 aliphatic heterocycles. The smallest absolute Gasteiger partial charge is 0.319 e. The number of hydrogen-bond acceptors (Lipinski definition) is 4. The summed E-state index contributed by atoms with van der Waals surface area (Å²) < 4.78 is 4.61. The summed E-state index contributed by atoms with van der Waals surface area (Å²) in [5, 5.41) is 3.51. The third-order valence-electron chi connectivity index (χ3n) is 2.69. The largest absolute Gasteiger partial charge is 0.468 e. The Balaban J connectivity index is 2.60. The first kappa shape index (κ1) is 17.8. The zero-order valence-electron chi connectivity index (χ0n) is 12.0. The van der Waals surface area contributed by atoms with Crippen molar-refractivity contribution in [1.82, 2.24) is 4.90 Å². The van der Waals surface area contributed by atoms with E-state index in [0.717, 1.165) is 6.42 Å². The zero-order chi connectivity index (χ0) is 15.8. The van der Waals surface area contributed by atoms with Gasteiger partial charge >= 0.3 is 5.97 Å². The zero-order valence-corrected chi connectivity index (χ0v) is 13.5. The number of anilines is 1. The van der Waals surface area contributed by atoms with Gasteiger partial charge in [0, 0.05) is 5.69 Å². The van der Waals surface area contributed by atoms with E-state index >= 15 is 0 Å². The fourth-order valence-electron chi connectivity index (χ4n) is 1.75. The highest BCUT2D eigenvalue weighted by Gasteiger charge is 2.14. The van der Waals surface area contributed by atoms with Crippen LogP contribution in [0.15, 0.2) is 18.2 Å². The van der Waals surface area contributed by atoms with Crippen LogP contribution in [0, 0.1) is 0 Å². The van der Waals surface area contributed by atoms with Crippen molar-refractivity contribution in [1.29, 1.82) is 0 Å². The van der Waals surface area contributed by atoms with Gasteiger partial charge in [-0.2, -0.15) is 0 Å². The third kappa shape index (κ3) is 6.33. The van der Waals surface area contributed by atoms with Crippen LogP contribution in [-0.2, 0) is 14.3 Å². The van der Waals surface area contributed by atoms with E-state index in [4.69, 9.17) is 23.2 Å². The molecule has 0 atom stereocenters. The van der Waals surface area contributed by atoms with E-state index in [1.54, 1.807) is 23.1 Å². The maximum Gasteiger partial charge on any atom is 0.319 e. The van der Waals surface area contributed by atoms with Crippen LogP contribution in [0.5, 0.6) is 0 Å². The number of amides is 1. The number of nitrogens with one attached hydrogen (secondary N) is 1. The molecule has 5 nitrogen and oxygen atoms in total. The van der Waals surface area contributed by atoms with Gasteiger partial charge in [-0.05, 0) is 31.2 Å². The fraction of sp³-hybridized carbons (Fsp3) is 0.429. The second-order valence-electron chi connectivity index (χ2n) is 4.46. The van der Waals surface area contributed by atoms with E-state index < -0.39 is 0 Å². The molecule has 0 bridgehead atoms. The van der Waals surface area contributed by atoms with Crippen LogP contribution in [0.2, 0.25) is 10.0 Å². The summed E-state index contributed by atoms with van der Waals surface area (Å²) in [6.07, 6.45) is 0.830. The molecular formula is C14H18Cl2N2O3. The highest BCUT2D eigenvalue weighted by atomic mass is 35.5. The third-order valence-corrected chi connectivity index (χ3v) is 3.43. The first-order valence-electron chi connectivity index (χ1n) is 6.50.